The Hall–Kier alpha value is -0.530. The molecule has 0 bridgehead atoms. The molecule has 17 heavy (non-hydrogen) atoms. The van der Waals surface area contributed by atoms with Crippen LogP contribution in [0.1, 0.15) is 45.6 Å². The first-order chi connectivity index (χ1) is 8.04. The maximum absolute atomic E-state index is 6.08. The van der Waals surface area contributed by atoms with Crippen LogP contribution in [0.25, 0.3) is 0 Å². The van der Waals surface area contributed by atoms with Gasteiger partial charge < -0.3 is 5.32 Å². The summed E-state index contributed by atoms with van der Waals surface area (Å²) in [6.07, 6.45) is 1.19. The first-order valence-electron chi connectivity index (χ1n) is 6.53. The lowest BCUT2D eigenvalue weighted by molar-refractivity contribution is 0.407. The lowest BCUT2D eigenvalue weighted by atomic mass is 9.85. The van der Waals surface area contributed by atoms with Crippen LogP contribution in [0.4, 0.5) is 0 Å². The molecule has 0 heterocycles. The molecule has 0 aromatic heterocycles. The number of hydrogen-bond donors (Lipinski definition) is 1. The van der Waals surface area contributed by atoms with Crippen molar-refractivity contribution in [1.82, 2.24) is 5.32 Å². The number of nitrogens with one attached hydrogen (secondary N) is 1. The monoisotopic (exact) mass is 253 g/mol. The molecule has 0 amide bonds. The second kappa shape index (κ2) is 7.03. The van der Waals surface area contributed by atoms with E-state index in [4.69, 9.17) is 11.6 Å². The van der Waals surface area contributed by atoms with Crippen LogP contribution in [0.5, 0.6) is 0 Å². The van der Waals surface area contributed by atoms with Gasteiger partial charge in [0.25, 0.3) is 0 Å². The summed E-state index contributed by atoms with van der Waals surface area (Å²) >= 11 is 6.08. The molecule has 0 saturated carbocycles. The van der Waals surface area contributed by atoms with Gasteiger partial charge in [0.2, 0.25) is 0 Å². The summed E-state index contributed by atoms with van der Waals surface area (Å²) in [5.74, 6) is 1.21. The molecule has 1 N–H and O–H groups in total. The van der Waals surface area contributed by atoms with E-state index < -0.39 is 0 Å². The zero-order chi connectivity index (χ0) is 12.8. The number of rotatable bonds is 6. The van der Waals surface area contributed by atoms with Crippen molar-refractivity contribution in [1.29, 1.82) is 0 Å². The molecular weight excluding hydrogens is 230 g/mol. The predicted octanol–water partition coefficient (Wildman–Crippen LogP) is 4.47. The lowest BCUT2D eigenvalue weighted by Gasteiger charge is -2.25. The van der Waals surface area contributed by atoms with Gasteiger partial charge >= 0.3 is 0 Å². The molecule has 0 aliphatic heterocycles. The Morgan fingerprint density at radius 2 is 1.94 bits per heavy atom. The first kappa shape index (κ1) is 14.5. The van der Waals surface area contributed by atoms with Gasteiger partial charge in [-0.1, -0.05) is 57.8 Å². The van der Waals surface area contributed by atoms with Crippen molar-refractivity contribution in [2.75, 3.05) is 6.54 Å². The highest BCUT2D eigenvalue weighted by Gasteiger charge is 2.18. The molecule has 1 aromatic carbocycles. The molecule has 0 aliphatic rings. The molecule has 0 saturated heterocycles. The normalized spacial score (nSPS) is 14.9. The molecule has 2 atom stereocenters. The molecule has 2 heteroatoms. The van der Waals surface area contributed by atoms with E-state index in [0.29, 0.717) is 17.9 Å². The summed E-state index contributed by atoms with van der Waals surface area (Å²) in [5.41, 5.74) is 1.35. The molecular formula is C15H24ClN. The van der Waals surface area contributed by atoms with E-state index in [-0.39, 0.29) is 0 Å². The Labute approximate surface area is 111 Å². The fraction of sp³-hybridized carbons (Fsp3) is 0.600. The van der Waals surface area contributed by atoms with Crippen molar-refractivity contribution >= 4 is 11.6 Å². The summed E-state index contributed by atoms with van der Waals surface area (Å²) in [5, 5.41) is 4.37. The van der Waals surface area contributed by atoms with E-state index in [2.05, 4.69) is 45.1 Å². The predicted molar refractivity (Wildman–Crippen MR) is 76.8 cm³/mol. The van der Waals surface area contributed by atoms with Crippen LogP contribution in [-0.2, 0) is 0 Å². The van der Waals surface area contributed by atoms with Gasteiger partial charge in [-0.15, -0.1) is 0 Å². The average molecular weight is 254 g/mol. The van der Waals surface area contributed by atoms with E-state index in [9.17, 15) is 0 Å². The number of halogens is 1. The van der Waals surface area contributed by atoms with Gasteiger partial charge in [-0.05, 0) is 29.5 Å². The minimum atomic E-state index is 0.528. The zero-order valence-corrected chi connectivity index (χ0v) is 12.1. The maximum atomic E-state index is 6.08. The van der Waals surface area contributed by atoms with E-state index >= 15 is 0 Å². The molecule has 0 spiro atoms. The number of hydrogen-bond acceptors (Lipinski definition) is 1. The van der Waals surface area contributed by atoms with E-state index in [1.165, 1.54) is 12.0 Å². The fourth-order valence-electron chi connectivity index (χ4n) is 2.03. The second-order valence-electron chi connectivity index (χ2n) is 5.11. The van der Waals surface area contributed by atoms with Gasteiger partial charge in [-0.2, -0.15) is 0 Å². The minimum absolute atomic E-state index is 0.528. The molecule has 0 aliphatic carbocycles. The third-order valence-electron chi connectivity index (χ3n) is 3.35. The highest BCUT2D eigenvalue weighted by Crippen LogP contribution is 2.28. The molecule has 1 nitrogen and oxygen atoms in total. The van der Waals surface area contributed by atoms with Gasteiger partial charge in [0.15, 0.2) is 0 Å². The van der Waals surface area contributed by atoms with Crippen LogP contribution in [0, 0.1) is 5.92 Å². The third-order valence-corrected chi connectivity index (χ3v) is 3.59. The van der Waals surface area contributed by atoms with Crippen molar-refractivity contribution in [3.8, 4) is 0 Å². The summed E-state index contributed by atoms with van der Waals surface area (Å²) < 4.78 is 0. The third kappa shape index (κ3) is 4.69. The summed E-state index contributed by atoms with van der Waals surface area (Å²) in [4.78, 5) is 0. The Morgan fingerprint density at radius 3 is 2.47 bits per heavy atom. The lowest BCUT2D eigenvalue weighted by Crippen LogP contribution is -2.30. The van der Waals surface area contributed by atoms with Gasteiger partial charge in [-0.25, -0.2) is 0 Å². The van der Waals surface area contributed by atoms with Crippen LogP contribution in [0.3, 0.4) is 0 Å². The van der Waals surface area contributed by atoms with Crippen LogP contribution < -0.4 is 5.32 Å². The molecule has 96 valence electrons. The standard InChI is InChI=1S/C15H24ClN/c1-5-12(4)15(10-17-11(2)3)13-7-6-8-14(16)9-13/h6-9,11-12,15,17H,5,10H2,1-4H3. The van der Waals surface area contributed by atoms with Gasteiger partial charge in [0.05, 0.1) is 0 Å². The van der Waals surface area contributed by atoms with E-state index in [1.807, 2.05) is 12.1 Å². The molecule has 1 aromatic rings. The van der Waals surface area contributed by atoms with E-state index in [0.717, 1.165) is 11.6 Å². The highest BCUT2D eigenvalue weighted by atomic mass is 35.5. The smallest absolute Gasteiger partial charge is 0.0408 e. The van der Waals surface area contributed by atoms with Crippen molar-refractivity contribution in [2.24, 2.45) is 5.92 Å². The van der Waals surface area contributed by atoms with Crippen molar-refractivity contribution < 1.29 is 0 Å². The van der Waals surface area contributed by atoms with Crippen molar-refractivity contribution in [3.05, 3.63) is 34.9 Å². The second-order valence-corrected chi connectivity index (χ2v) is 5.55. The largest absolute Gasteiger partial charge is 0.314 e. The van der Waals surface area contributed by atoms with Crippen LogP contribution in [0.2, 0.25) is 5.02 Å². The molecule has 2 unspecified atom stereocenters. The van der Waals surface area contributed by atoms with Crippen molar-refractivity contribution in [2.45, 2.75) is 46.1 Å². The first-order valence-corrected chi connectivity index (χ1v) is 6.91. The summed E-state index contributed by atoms with van der Waals surface area (Å²) in [7, 11) is 0. The SMILES string of the molecule is CCC(C)C(CNC(C)C)c1cccc(Cl)c1. The molecule has 1 rings (SSSR count). The summed E-state index contributed by atoms with van der Waals surface area (Å²) in [6.45, 7) is 9.95. The highest BCUT2D eigenvalue weighted by molar-refractivity contribution is 6.30. The average Bonchev–Trinajstić information content (AvgIpc) is 2.28. The topological polar surface area (TPSA) is 12.0 Å². The summed E-state index contributed by atoms with van der Waals surface area (Å²) in [6, 6.07) is 8.79. The van der Waals surface area contributed by atoms with Gasteiger partial charge in [0.1, 0.15) is 0 Å². The van der Waals surface area contributed by atoms with Gasteiger partial charge in [-0.3, -0.25) is 0 Å². The van der Waals surface area contributed by atoms with Gasteiger partial charge in [0, 0.05) is 17.6 Å². The minimum Gasteiger partial charge on any atom is -0.314 e. The fourth-order valence-corrected chi connectivity index (χ4v) is 2.23. The molecule has 0 radical (unpaired) electrons. The van der Waals surface area contributed by atoms with Crippen LogP contribution in [-0.4, -0.2) is 12.6 Å². The Morgan fingerprint density at radius 1 is 1.24 bits per heavy atom. The van der Waals surface area contributed by atoms with Crippen molar-refractivity contribution in [3.63, 3.8) is 0 Å². The number of benzene rings is 1. The zero-order valence-electron chi connectivity index (χ0n) is 11.3. The van der Waals surface area contributed by atoms with Crippen LogP contribution in [0.15, 0.2) is 24.3 Å². The molecule has 0 fully saturated rings. The Balaban J connectivity index is 2.82. The Bertz CT molecular complexity index is 335. The van der Waals surface area contributed by atoms with Crippen LogP contribution >= 0.6 is 11.6 Å². The maximum Gasteiger partial charge on any atom is 0.0408 e. The van der Waals surface area contributed by atoms with E-state index in [1.54, 1.807) is 0 Å². The quantitative estimate of drug-likeness (QED) is 0.789. The Kier molecular flexibility index (Phi) is 6.01.